The second kappa shape index (κ2) is 6.41. The van der Waals surface area contributed by atoms with Crippen LogP contribution in [0, 0.1) is 5.92 Å². The summed E-state index contributed by atoms with van der Waals surface area (Å²) in [5.74, 6) is 0.916. The van der Waals surface area contributed by atoms with Crippen LogP contribution in [-0.4, -0.2) is 43.2 Å². The molecule has 1 aromatic heterocycles. The van der Waals surface area contributed by atoms with Crippen molar-refractivity contribution in [2.45, 2.75) is 25.3 Å². The number of carbonyl (C=O) groups excluding carboxylic acids is 1. The van der Waals surface area contributed by atoms with Crippen molar-refractivity contribution in [2.75, 3.05) is 36.5 Å². The molecule has 1 aliphatic carbocycles. The first-order valence-corrected chi connectivity index (χ1v) is 7.58. The maximum absolute atomic E-state index is 12.4. The summed E-state index contributed by atoms with van der Waals surface area (Å²) in [7, 11) is 0. The summed E-state index contributed by atoms with van der Waals surface area (Å²) in [6.07, 6.45) is 4.34. The Morgan fingerprint density at radius 3 is 2.90 bits per heavy atom. The van der Waals surface area contributed by atoms with Gasteiger partial charge in [0.1, 0.15) is 0 Å². The van der Waals surface area contributed by atoms with E-state index in [9.17, 15) is 4.79 Å². The van der Waals surface area contributed by atoms with Crippen LogP contribution in [0.25, 0.3) is 0 Å². The fourth-order valence-corrected chi connectivity index (χ4v) is 3.01. The van der Waals surface area contributed by atoms with Gasteiger partial charge in [0.25, 0.3) is 0 Å². The van der Waals surface area contributed by atoms with E-state index < -0.39 is 0 Å². The van der Waals surface area contributed by atoms with Crippen LogP contribution in [0.4, 0.5) is 11.5 Å². The quantitative estimate of drug-likeness (QED) is 0.867. The van der Waals surface area contributed by atoms with E-state index in [0.29, 0.717) is 13.2 Å². The predicted molar refractivity (Wildman–Crippen MR) is 81.2 cm³/mol. The highest BCUT2D eigenvalue weighted by Gasteiger charge is 2.28. The number of amides is 1. The summed E-state index contributed by atoms with van der Waals surface area (Å²) in [5.41, 5.74) is 6.67. The van der Waals surface area contributed by atoms with Crippen LogP contribution >= 0.6 is 0 Å². The molecule has 21 heavy (non-hydrogen) atoms. The number of hydrogen-bond donors (Lipinski definition) is 2. The van der Waals surface area contributed by atoms with Crippen LogP contribution < -0.4 is 16.0 Å². The van der Waals surface area contributed by atoms with Gasteiger partial charge in [-0.15, -0.1) is 0 Å². The molecule has 6 heteroatoms. The van der Waals surface area contributed by atoms with Crippen LogP contribution in [0.5, 0.6) is 0 Å². The number of nitrogens with two attached hydrogens (primary N) is 1. The van der Waals surface area contributed by atoms with Gasteiger partial charge in [0.2, 0.25) is 5.91 Å². The highest BCUT2D eigenvalue weighted by Crippen LogP contribution is 2.28. The molecule has 6 nitrogen and oxygen atoms in total. The van der Waals surface area contributed by atoms with Crippen molar-refractivity contribution >= 4 is 17.4 Å². The second-order valence-electron chi connectivity index (χ2n) is 5.73. The molecule has 1 aliphatic heterocycles. The minimum Gasteiger partial charge on any atom is -0.378 e. The summed E-state index contributed by atoms with van der Waals surface area (Å²) >= 11 is 0. The van der Waals surface area contributed by atoms with E-state index >= 15 is 0 Å². The van der Waals surface area contributed by atoms with Crippen molar-refractivity contribution in [3.63, 3.8) is 0 Å². The Bertz CT molecular complexity index is 502. The Balaban J connectivity index is 1.71. The number of anilines is 2. The van der Waals surface area contributed by atoms with Crippen molar-refractivity contribution in [1.82, 2.24) is 4.98 Å². The first-order chi connectivity index (χ1) is 10.2. The third kappa shape index (κ3) is 3.33. The average molecular weight is 290 g/mol. The molecule has 2 heterocycles. The molecule has 114 valence electrons. The number of nitrogens with zero attached hydrogens (tertiary/aromatic N) is 2. The molecule has 2 aliphatic rings. The van der Waals surface area contributed by atoms with Crippen molar-refractivity contribution in [1.29, 1.82) is 0 Å². The second-order valence-corrected chi connectivity index (χ2v) is 5.73. The Morgan fingerprint density at radius 1 is 1.38 bits per heavy atom. The van der Waals surface area contributed by atoms with Gasteiger partial charge in [-0.2, -0.15) is 0 Å². The van der Waals surface area contributed by atoms with E-state index in [0.717, 1.165) is 43.9 Å². The molecule has 2 atom stereocenters. The molecule has 0 spiro atoms. The molecule has 1 saturated carbocycles. The van der Waals surface area contributed by atoms with Crippen LogP contribution in [0.1, 0.15) is 19.3 Å². The van der Waals surface area contributed by atoms with E-state index in [1.807, 2.05) is 12.1 Å². The topological polar surface area (TPSA) is 80.5 Å². The molecule has 0 bridgehead atoms. The van der Waals surface area contributed by atoms with Gasteiger partial charge < -0.3 is 20.7 Å². The van der Waals surface area contributed by atoms with Gasteiger partial charge in [-0.05, 0) is 31.4 Å². The number of pyridine rings is 1. The maximum atomic E-state index is 12.4. The number of carbonyl (C=O) groups is 1. The summed E-state index contributed by atoms with van der Waals surface area (Å²) in [4.78, 5) is 18.9. The molecule has 3 N–H and O–H groups in total. The third-order valence-corrected chi connectivity index (χ3v) is 4.20. The van der Waals surface area contributed by atoms with Crippen LogP contribution in [0.15, 0.2) is 18.3 Å². The number of hydrogen-bond acceptors (Lipinski definition) is 5. The van der Waals surface area contributed by atoms with E-state index in [2.05, 4.69) is 15.2 Å². The summed E-state index contributed by atoms with van der Waals surface area (Å²) < 4.78 is 5.36. The number of morpholine rings is 1. The normalized spacial score (nSPS) is 25.9. The van der Waals surface area contributed by atoms with E-state index in [4.69, 9.17) is 10.5 Å². The van der Waals surface area contributed by atoms with Gasteiger partial charge in [0.05, 0.1) is 18.9 Å². The largest absolute Gasteiger partial charge is 0.378 e. The van der Waals surface area contributed by atoms with Crippen molar-refractivity contribution in [3.05, 3.63) is 18.3 Å². The standard InChI is InChI=1S/C15H22N4O2/c16-12-4-3-11(10-12)15(20)18-13-2-1-5-17-14(13)19-6-8-21-9-7-19/h1-2,5,11-12H,3-4,6-10,16H2,(H,18,20). The fraction of sp³-hybridized carbons (Fsp3) is 0.600. The first kappa shape index (κ1) is 14.3. The van der Waals surface area contributed by atoms with E-state index in [-0.39, 0.29) is 17.9 Å². The van der Waals surface area contributed by atoms with Gasteiger partial charge >= 0.3 is 0 Å². The molecule has 2 unspecified atom stereocenters. The summed E-state index contributed by atoms with van der Waals surface area (Å²) in [6, 6.07) is 3.92. The first-order valence-electron chi connectivity index (χ1n) is 7.58. The zero-order valence-electron chi connectivity index (χ0n) is 12.1. The van der Waals surface area contributed by atoms with Gasteiger partial charge in [-0.1, -0.05) is 0 Å². The molecule has 0 aromatic carbocycles. The molecule has 3 rings (SSSR count). The Hall–Kier alpha value is -1.66. The van der Waals surface area contributed by atoms with Crippen LogP contribution in [0.2, 0.25) is 0 Å². The number of ether oxygens (including phenoxy) is 1. The lowest BCUT2D eigenvalue weighted by Crippen LogP contribution is -2.37. The number of rotatable bonds is 3. The Kier molecular flexibility index (Phi) is 4.36. The lowest BCUT2D eigenvalue weighted by atomic mass is 10.1. The molecular formula is C15H22N4O2. The Morgan fingerprint density at radius 2 is 2.19 bits per heavy atom. The van der Waals surface area contributed by atoms with Crippen molar-refractivity contribution in [3.8, 4) is 0 Å². The molecular weight excluding hydrogens is 268 g/mol. The Labute approximate surface area is 124 Å². The summed E-state index contributed by atoms with van der Waals surface area (Å²) in [6.45, 7) is 2.99. The number of nitrogens with one attached hydrogen (secondary N) is 1. The van der Waals surface area contributed by atoms with Gasteiger partial charge in [0, 0.05) is 31.2 Å². The van der Waals surface area contributed by atoms with Crippen molar-refractivity contribution < 1.29 is 9.53 Å². The third-order valence-electron chi connectivity index (χ3n) is 4.20. The maximum Gasteiger partial charge on any atom is 0.227 e. The molecule has 2 fully saturated rings. The monoisotopic (exact) mass is 290 g/mol. The molecule has 1 amide bonds. The highest BCUT2D eigenvalue weighted by molar-refractivity contribution is 5.95. The average Bonchev–Trinajstić information content (AvgIpc) is 2.95. The highest BCUT2D eigenvalue weighted by atomic mass is 16.5. The number of aromatic nitrogens is 1. The van der Waals surface area contributed by atoms with E-state index in [1.165, 1.54) is 0 Å². The van der Waals surface area contributed by atoms with Crippen molar-refractivity contribution in [2.24, 2.45) is 11.7 Å². The lowest BCUT2D eigenvalue weighted by molar-refractivity contribution is -0.119. The van der Waals surface area contributed by atoms with Gasteiger partial charge in [-0.25, -0.2) is 4.98 Å². The smallest absolute Gasteiger partial charge is 0.227 e. The summed E-state index contributed by atoms with van der Waals surface area (Å²) in [5, 5.41) is 3.03. The van der Waals surface area contributed by atoms with E-state index in [1.54, 1.807) is 6.20 Å². The molecule has 0 radical (unpaired) electrons. The van der Waals surface area contributed by atoms with Crippen LogP contribution in [-0.2, 0) is 9.53 Å². The minimum atomic E-state index is 0.0257. The fourth-order valence-electron chi connectivity index (χ4n) is 3.01. The zero-order chi connectivity index (χ0) is 14.7. The SMILES string of the molecule is NC1CCC(C(=O)Nc2cccnc2N2CCOCC2)C1. The van der Waals surface area contributed by atoms with Gasteiger partial charge in [-0.3, -0.25) is 4.79 Å². The predicted octanol–water partition coefficient (Wildman–Crippen LogP) is 0.984. The lowest BCUT2D eigenvalue weighted by Gasteiger charge is -2.29. The molecule has 1 aromatic rings. The minimum absolute atomic E-state index is 0.0257. The molecule has 1 saturated heterocycles. The van der Waals surface area contributed by atoms with Gasteiger partial charge in [0.15, 0.2) is 5.82 Å². The van der Waals surface area contributed by atoms with Crippen LogP contribution in [0.3, 0.4) is 0 Å². The zero-order valence-corrected chi connectivity index (χ0v) is 12.1.